The molecule has 6 aliphatic rings. The molecule has 1 spiro atoms. The minimum Gasteiger partial charge on any atom is -0.393 e. The molecule has 4 N–H and O–H groups in total. The minimum atomic E-state index is -0.0220. The summed E-state index contributed by atoms with van der Waals surface area (Å²) in [5, 5.41) is 19.3. The smallest absolute Gasteiger partial charge is 0.0859 e. The van der Waals surface area contributed by atoms with Gasteiger partial charge in [-0.3, -0.25) is 0 Å². The van der Waals surface area contributed by atoms with Crippen molar-refractivity contribution in [2.24, 2.45) is 0 Å². The van der Waals surface area contributed by atoms with E-state index in [-0.39, 0.29) is 6.10 Å². The highest BCUT2D eigenvalue weighted by molar-refractivity contribution is 5.05. The van der Waals surface area contributed by atoms with Crippen LogP contribution in [-0.4, -0.2) is 180 Å². The molecule has 5 heterocycles. The predicted octanol–water partition coefficient (Wildman–Crippen LogP) is 0.409. The minimum absolute atomic E-state index is 0.0220. The normalized spacial score (nSPS) is 29.5. The van der Waals surface area contributed by atoms with Gasteiger partial charge in [-0.25, -0.2) is 0 Å². The molecule has 0 aromatic carbocycles. The Hall–Kier alpha value is -0.820. The van der Waals surface area contributed by atoms with Crippen LogP contribution in [-0.2, 0) is 4.74 Å². The number of nitrogens with one attached hydrogen (secondary N) is 3. The van der Waals surface area contributed by atoms with Crippen LogP contribution in [0.1, 0.15) is 39.5 Å². The lowest BCUT2D eigenvalue weighted by Crippen LogP contribution is -2.50. The van der Waals surface area contributed by atoms with Crippen molar-refractivity contribution in [3.63, 3.8) is 0 Å². The van der Waals surface area contributed by atoms with Crippen LogP contribution in [0.3, 0.4) is 0 Å². The van der Waals surface area contributed by atoms with E-state index in [4.69, 9.17) is 9.84 Å². The molecule has 5 saturated heterocycles. The number of morpholine rings is 1. The van der Waals surface area contributed by atoms with Crippen molar-refractivity contribution in [1.82, 2.24) is 40.4 Å². The third-order valence-electron chi connectivity index (χ3n) is 8.89. The first-order valence-electron chi connectivity index (χ1n) is 16.1. The lowest BCUT2D eigenvalue weighted by Gasteiger charge is -2.30. The van der Waals surface area contributed by atoms with Gasteiger partial charge in [-0.2, -0.15) is 0 Å². The molecule has 2 unspecified atom stereocenters. The number of ether oxygens (including phenoxy) is 1. The molecule has 1 saturated carbocycles. The molecule has 5 aliphatic heterocycles. The fourth-order valence-corrected chi connectivity index (χ4v) is 5.37. The van der Waals surface area contributed by atoms with Crippen LogP contribution in [0, 0.1) is 0 Å². The maximum absolute atomic E-state index is 9.00. The molecule has 0 bridgehead atoms. The van der Waals surface area contributed by atoms with E-state index in [2.05, 4.69) is 89.1 Å². The van der Waals surface area contributed by atoms with Gasteiger partial charge in [-0.15, -0.1) is 0 Å². The van der Waals surface area contributed by atoms with Crippen molar-refractivity contribution in [3.8, 4) is 0 Å². The maximum Gasteiger partial charge on any atom is 0.0859 e. The zero-order valence-corrected chi connectivity index (χ0v) is 27.8. The number of nitrogens with zero attached hydrogens (tertiary/aromatic N) is 5. The quantitative estimate of drug-likeness (QED) is 0.323. The molecule has 1 aliphatic carbocycles. The summed E-state index contributed by atoms with van der Waals surface area (Å²) in [7, 11) is 10.7. The molecule has 0 aromatic heterocycles. The summed E-state index contributed by atoms with van der Waals surface area (Å²) in [4.78, 5) is 11.5. The zero-order chi connectivity index (χ0) is 30.3. The van der Waals surface area contributed by atoms with E-state index < -0.39 is 0 Å². The highest BCUT2D eigenvalue weighted by atomic mass is 16.5. The van der Waals surface area contributed by atoms with Crippen LogP contribution in [0.25, 0.3) is 0 Å². The summed E-state index contributed by atoms with van der Waals surface area (Å²) in [5.74, 6) is 0. The topological polar surface area (TPSA) is 81.8 Å². The first-order chi connectivity index (χ1) is 19.5. The second-order valence-corrected chi connectivity index (χ2v) is 13.2. The largest absolute Gasteiger partial charge is 0.393 e. The Bertz CT molecular complexity index is 674. The van der Waals surface area contributed by atoms with Crippen LogP contribution in [0.4, 0.5) is 0 Å². The number of hydrogen-bond donors (Lipinski definition) is 4. The number of likely N-dealkylation sites (tertiary alicyclic amines) is 1. The third-order valence-corrected chi connectivity index (χ3v) is 8.89. The number of rotatable bonds is 0. The molecule has 242 valence electrons. The Balaban J connectivity index is 0.000000180. The molecule has 6 fully saturated rings. The molecule has 6 rings (SSSR count). The molecule has 0 amide bonds. The molecule has 10 heteroatoms. The van der Waals surface area contributed by atoms with Crippen molar-refractivity contribution >= 4 is 0 Å². The Labute approximate surface area is 252 Å². The van der Waals surface area contributed by atoms with E-state index in [1.54, 1.807) is 0 Å². The van der Waals surface area contributed by atoms with Gasteiger partial charge in [-0.05, 0) is 67.7 Å². The average molecular weight is 583 g/mol. The summed E-state index contributed by atoms with van der Waals surface area (Å²) >= 11 is 0. The predicted molar refractivity (Wildman–Crippen MR) is 173 cm³/mol. The fraction of sp³-hybridized carbons (Fsp3) is 0.935. The second-order valence-electron chi connectivity index (χ2n) is 13.2. The average Bonchev–Trinajstić information content (AvgIpc) is 3.68. The lowest BCUT2D eigenvalue weighted by atomic mass is 10.1. The van der Waals surface area contributed by atoms with Crippen LogP contribution in [0.5, 0.6) is 0 Å². The van der Waals surface area contributed by atoms with E-state index in [0.717, 1.165) is 70.5 Å². The van der Waals surface area contributed by atoms with Crippen molar-refractivity contribution < 1.29 is 9.84 Å². The van der Waals surface area contributed by atoms with Crippen LogP contribution < -0.4 is 16.0 Å². The zero-order valence-electron chi connectivity index (χ0n) is 27.8. The number of aliphatic hydroxyl groups is 1. The van der Waals surface area contributed by atoms with Gasteiger partial charge >= 0.3 is 0 Å². The summed E-state index contributed by atoms with van der Waals surface area (Å²) in [6.45, 7) is 23.6. The van der Waals surface area contributed by atoms with Gasteiger partial charge < -0.3 is 50.3 Å². The van der Waals surface area contributed by atoms with Crippen molar-refractivity contribution in [3.05, 3.63) is 12.3 Å². The van der Waals surface area contributed by atoms with Gasteiger partial charge in [0, 0.05) is 109 Å². The monoisotopic (exact) mass is 583 g/mol. The number of likely N-dealkylation sites (N-methyl/N-ethyl adjacent to an activating group) is 4. The van der Waals surface area contributed by atoms with E-state index in [9.17, 15) is 0 Å². The van der Waals surface area contributed by atoms with Gasteiger partial charge in [0.25, 0.3) is 0 Å². The van der Waals surface area contributed by atoms with E-state index in [1.807, 2.05) is 7.05 Å². The van der Waals surface area contributed by atoms with E-state index >= 15 is 0 Å². The maximum atomic E-state index is 9.00. The Kier molecular flexibility index (Phi) is 17.3. The van der Waals surface area contributed by atoms with Crippen molar-refractivity contribution in [2.75, 3.05) is 127 Å². The molecular weight excluding hydrogens is 516 g/mol. The highest BCUT2D eigenvalue weighted by Crippen LogP contribution is 2.36. The van der Waals surface area contributed by atoms with Gasteiger partial charge in [-0.1, -0.05) is 6.58 Å². The first kappa shape index (κ1) is 36.4. The lowest BCUT2D eigenvalue weighted by molar-refractivity contribution is 0.0849. The Morgan fingerprint density at radius 3 is 1.93 bits per heavy atom. The SMILES string of the molecule is C=C1COCCN1C.CC1CN(C)CCN1.CC1CNCCN1C.CN1CCC(O)CC1.CN1CCNC2(CC2)C1. The van der Waals surface area contributed by atoms with Crippen LogP contribution >= 0.6 is 0 Å². The standard InChI is InChI=1S/C7H14N2.2C6H14N2.C6H11NO.C6H13NO/c1-9-5-4-8-7(6-9)2-3-7;1-6-5-8(2)4-3-7-6;1-6-5-7-3-4-8(6)2;1-6-5-8-4-3-7(6)2;1-7-4-2-6(8)3-5-7/h8H,2-6H2,1H3;2*6-7H,3-5H2,1-2H3;1,3-5H2,2H3;6,8H,2-5H2,1H3. The van der Waals surface area contributed by atoms with E-state index in [0.29, 0.717) is 18.2 Å². The highest BCUT2D eigenvalue weighted by Gasteiger charge is 2.44. The van der Waals surface area contributed by atoms with E-state index in [1.165, 1.54) is 52.1 Å². The molecular formula is C31H66N8O2. The van der Waals surface area contributed by atoms with Gasteiger partial charge in [0.2, 0.25) is 0 Å². The summed E-state index contributed by atoms with van der Waals surface area (Å²) in [5.41, 5.74) is 1.66. The molecule has 0 aromatic rings. The molecule has 0 radical (unpaired) electrons. The number of piperidine rings is 1. The third kappa shape index (κ3) is 16.0. The summed E-state index contributed by atoms with van der Waals surface area (Å²) in [6.07, 6.45) is 4.69. The number of hydrogen-bond acceptors (Lipinski definition) is 10. The Morgan fingerprint density at radius 2 is 1.54 bits per heavy atom. The molecule has 2 atom stereocenters. The number of piperazine rings is 3. The van der Waals surface area contributed by atoms with Crippen molar-refractivity contribution in [1.29, 1.82) is 0 Å². The second kappa shape index (κ2) is 19.5. The summed E-state index contributed by atoms with van der Waals surface area (Å²) < 4.78 is 5.11. The van der Waals surface area contributed by atoms with Gasteiger partial charge in [0.15, 0.2) is 0 Å². The van der Waals surface area contributed by atoms with Crippen LogP contribution in [0.2, 0.25) is 0 Å². The summed E-state index contributed by atoms with van der Waals surface area (Å²) in [6, 6.07) is 1.41. The number of aliphatic hydroxyl groups excluding tert-OH is 1. The Morgan fingerprint density at radius 1 is 0.854 bits per heavy atom. The van der Waals surface area contributed by atoms with Gasteiger partial charge in [0.1, 0.15) is 0 Å². The van der Waals surface area contributed by atoms with Crippen molar-refractivity contribution in [2.45, 2.75) is 63.3 Å². The molecule has 10 nitrogen and oxygen atoms in total. The first-order valence-corrected chi connectivity index (χ1v) is 16.1. The molecule has 41 heavy (non-hydrogen) atoms. The van der Waals surface area contributed by atoms with Gasteiger partial charge in [0.05, 0.1) is 19.3 Å². The van der Waals surface area contributed by atoms with Crippen LogP contribution in [0.15, 0.2) is 12.3 Å². The fourth-order valence-electron chi connectivity index (χ4n) is 5.37.